The quantitative estimate of drug-likeness (QED) is 0.628. The first-order valence-electron chi connectivity index (χ1n) is 9.76. The molecule has 1 amide bonds. The van der Waals surface area contributed by atoms with Crippen LogP contribution in [-0.2, 0) is 4.79 Å². The second kappa shape index (κ2) is 9.55. The molecule has 2 atom stereocenters. The Kier molecular flexibility index (Phi) is 7.09. The van der Waals surface area contributed by atoms with Crippen molar-refractivity contribution in [3.63, 3.8) is 0 Å². The molecule has 2 heterocycles. The molecule has 0 bridgehead atoms. The number of aromatic nitrogens is 1. The number of hydrogen-bond donors (Lipinski definition) is 2. The van der Waals surface area contributed by atoms with Gasteiger partial charge in [0, 0.05) is 18.8 Å². The molecule has 1 aromatic carbocycles. The van der Waals surface area contributed by atoms with E-state index in [1.807, 2.05) is 42.5 Å². The molecule has 29 heavy (non-hydrogen) atoms. The number of thioether (sulfide) groups is 1. The summed E-state index contributed by atoms with van der Waals surface area (Å²) in [6.07, 6.45) is 2.60. The number of nitrogens with one attached hydrogen (secondary N) is 1. The molecule has 1 unspecified atom stereocenters. The highest BCUT2D eigenvalue weighted by atomic mass is 35.5. The van der Waals surface area contributed by atoms with Gasteiger partial charge in [-0.2, -0.15) is 0 Å². The minimum atomic E-state index is -0.376. The van der Waals surface area contributed by atoms with Crippen LogP contribution in [0.5, 0.6) is 0 Å². The summed E-state index contributed by atoms with van der Waals surface area (Å²) in [5.41, 5.74) is 7.68. The fraction of sp³-hybridized carbons (Fsp3) is 0.364. The van der Waals surface area contributed by atoms with Gasteiger partial charge in [0.2, 0.25) is 0 Å². The average Bonchev–Trinajstić information content (AvgIpc) is 3.04. The van der Waals surface area contributed by atoms with Gasteiger partial charge in [0.1, 0.15) is 5.82 Å². The lowest BCUT2D eigenvalue weighted by Gasteiger charge is -2.36. The van der Waals surface area contributed by atoms with Crippen LogP contribution < -0.4 is 11.1 Å². The van der Waals surface area contributed by atoms with Crippen LogP contribution >= 0.6 is 23.4 Å². The standard InChI is InChI=1S/C22H27ClN4OS/c1-14(2)11-18(13-26-19-10-9-17(23)12-25-19)27-15(3)29-21(22(24)28)20(27)16-7-5-4-6-8-16/h4-10,12,14-15,18H,11,13H2,1-3H3,(H2,24,28)(H,25,26)/t15-,18?/m0/s1. The average molecular weight is 431 g/mol. The summed E-state index contributed by atoms with van der Waals surface area (Å²) in [6.45, 7) is 7.24. The lowest BCUT2D eigenvalue weighted by Crippen LogP contribution is -2.42. The number of rotatable bonds is 8. The van der Waals surface area contributed by atoms with Crippen molar-refractivity contribution in [1.29, 1.82) is 0 Å². The van der Waals surface area contributed by atoms with Crippen molar-refractivity contribution in [3.8, 4) is 0 Å². The van der Waals surface area contributed by atoms with Crippen molar-refractivity contribution in [1.82, 2.24) is 9.88 Å². The SMILES string of the molecule is CC(C)CC(CNc1ccc(Cl)cn1)N1C(c2ccccc2)=C(C(N)=O)S[C@H]1C. The molecule has 0 saturated carbocycles. The first-order valence-corrected chi connectivity index (χ1v) is 11.0. The highest BCUT2D eigenvalue weighted by Crippen LogP contribution is 2.44. The van der Waals surface area contributed by atoms with E-state index in [1.54, 1.807) is 6.20 Å². The van der Waals surface area contributed by atoms with Gasteiger partial charge in [-0.3, -0.25) is 4.79 Å². The summed E-state index contributed by atoms with van der Waals surface area (Å²) in [5, 5.41) is 4.15. The number of amides is 1. The maximum Gasteiger partial charge on any atom is 0.257 e. The number of nitrogens with zero attached hydrogens (tertiary/aromatic N) is 2. The molecule has 1 aliphatic rings. The van der Waals surface area contributed by atoms with E-state index in [0.717, 1.165) is 23.5 Å². The van der Waals surface area contributed by atoms with E-state index < -0.39 is 0 Å². The molecule has 154 valence electrons. The molecular formula is C22H27ClN4OS. The van der Waals surface area contributed by atoms with Crippen molar-refractivity contribution >= 4 is 40.8 Å². The maximum absolute atomic E-state index is 12.2. The second-order valence-electron chi connectivity index (χ2n) is 7.56. The zero-order valence-corrected chi connectivity index (χ0v) is 18.5. The van der Waals surface area contributed by atoms with Crippen LogP contribution in [0.15, 0.2) is 53.6 Å². The molecule has 3 N–H and O–H groups in total. The number of pyridine rings is 1. The number of hydrogen-bond acceptors (Lipinski definition) is 5. The maximum atomic E-state index is 12.2. The summed E-state index contributed by atoms with van der Waals surface area (Å²) in [5.74, 6) is 0.897. The van der Waals surface area contributed by atoms with Gasteiger partial charge in [-0.1, -0.05) is 67.5 Å². The molecule has 2 aromatic rings. The monoisotopic (exact) mass is 430 g/mol. The van der Waals surface area contributed by atoms with Crippen LogP contribution in [0.2, 0.25) is 5.02 Å². The van der Waals surface area contributed by atoms with E-state index >= 15 is 0 Å². The van der Waals surface area contributed by atoms with Gasteiger partial charge >= 0.3 is 0 Å². The minimum absolute atomic E-state index is 0.108. The van der Waals surface area contributed by atoms with Gasteiger partial charge in [-0.25, -0.2) is 4.98 Å². The Morgan fingerprint density at radius 2 is 2.00 bits per heavy atom. The zero-order chi connectivity index (χ0) is 21.0. The van der Waals surface area contributed by atoms with E-state index in [4.69, 9.17) is 17.3 Å². The highest BCUT2D eigenvalue weighted by molar-refractivity contribution is 8.05. The van der Waals surface area contributed by atoms with Crippen molar-refractivity contribution < 1.29 is 4.79 Å². The van der Waals surface area contributed by atoms with E-state index in [9.17, 15) is 4.79 Å². The first kappa shape index (κ1) is 21.5. The van der Waals surface area contributed by atoms with Crippen molar-refractivity contribution in [2.75, 3.05) is 11.9 Å². The van der Waals surface area contributed by atoms with Gasteiger partial charge < -0.3 is 16.0 Å². The Bertz CT molecular complexity index is 870. The molecule has 1 aliphatic heterocycles. The summed E-state index contributed by atoms with van der Waals surface area (Å²) < 4.78 is 0. The van der Waals surface area contributed by atoms with Crippen LogP contribution in [0.25, 0.3) is 5.70 Å². The lowest BCUT2D eigenvalue weighted by atomic mass is 9.99. The van der Waals surface area contributed by atoms with Crippen LogP contribution in [0.4, 0.5) is 5.82 Å². The van der Waals surface area contributed by atoms with Crippen LogP contribution in [0.1, 0.15) is 32.8 Å². The van der Waals surface area contributed by atoms with Gasteiger partial charge in [0.15, 0.2) is 0 Å². The van der Waals surface area contributed by atoms with Gasteiger partial charge in [-0.15, -0.1) is 0 Å². The Morgan fingerprint density at radius 1 is 1.28 bits per heavy atom. The second-order valence-corrected chi connectivity index (χ2v) is 9.32. The summed E-state index contributed by atoms with van der Waals surface area (Å²) in [7, 11) is 0. The molecule has 7 heteroatoms. The summed E-state index contributed by atoms with van der Waals surface area (Å²) in [6, 6.07) is 13.9. The molecule has 0 saturated heterocycles. The van der Waals surface area contributed by atoms with Gasteiger partial charge in [0.25, 0.3) is 5.91 Å². The van der Waals surface area contributed by atoms with Crippen molar-refractivity contribution in [2.24, 2.45) is 11.7 Å². The largest absolute Gasteiger partial charge is 0.368 e. The number of benzene rings is 1. The van der Waals surface area contributed by atoms with Crippen molar-refractivity contribution in [3.05, 3.63) is 64.2 Å². The topological polar surface area (TPSA) is 71.2 Å². The van der Waals surface area contributed by atoms with Gasteiger partial charge in [-0.05, 0) is 37.0 Å². The normalized spacial score (nSPS) is 17.7. The Balaban J connectivity index is 1.93. The van der Waals surface area contributed by atoms with E-state index in [0.29, 0.717) is 22.4 Å². The van der Waals surface area contributed by atoms with E-state index in [-0.39, 0.29) is 17.3 Å². The van der Waals surface area contributed by atoms with Gasteiger partial charge in [0.05, 0.1) is 21.0 Å². The predicted molar refractivity (Wildman–Crippen MR) is 122 cm³/mol. The minimum Gasteiger partial charge on any atom is -0.368 e. The molecule has 5 nitrogen and oxygen atoms in total. The molecular weight excluding hydrogens is 404 g/mol. The number of primary amides is 1. The predicted octanol–water partition coefficient (Wildman–Crippen LogP) is 4.81. The Hall–Kier alpha value is -2.18. The molecule has 1 aromatic heterocycles. The smallest absolute Gasteiger partial charge is 0.257 e. The third kappa shape index (κ3) is 5.25. The Morgan fingerprint density at radius 3 is 2.59 bits per heavy atom. The Labute approximate surface area is 181 Å². The lowest BCUT2D eigenvalue weighted by molar-refractivity contribution is -0.113. The van der Waals surface area contributed by atoms with E-state index in [2.05, 4.69) is 36.0 Å². The molecule has 0 fully saturated rings. The molecule has 0 radical (unpaired) electrons. The third-order valence-electron chi connectivity index (χ3n) is 4.81. The fourth-order valence-corrected chi connectivity index (χ4v) is 4.95. The number of anilines is 1. The number of carbonyl (C=O) groups excluding carboxylic acids is 1. The third-order valence-corrected chi connectivity index (χ3v) is 6.23. The number of carbonyl (C=O) groups is 1. The highest BCUT2D eigenvalue weighted by Gasteiger charge is 2.37. The summed E-state index contributed by atoms with van der Waals surface area (Å²) >= 11 is 7.48. The molecule has 0 aliphatic carbocycles. The van der Waals surface area contributed by atoms with Crippen LogP contribution in [-0.4, -0.2) is 33.8 Å². The van der Waals surface area contributed by atoms with Crippen molar-refractivity contribution in [2.45, 2.75) is 38.6 Å². The van der Waals surface area contributed by atoms with E-state index in [1.165, 1.54) is 11.8 Å². The molecule has 0 spiro atoms. The zero-order valence-electron chi connectivity index (χ0n) is 16.9. The number of halogens is 1. The van der Waals surface area contributed by atoms with Crippen LogP contribution in [0.3, 0.4) is 0 Å². The van der Waals surface area contributed by atoms with Crippen LogP contribution in [0, 0.1) is 5.92 Å². The first-order chi connectivity index (χ1) is 13.9. The molecule has 3 rings (SSSR count). The fourth-order valence-electron chi connectivity index (χ4n) is 3.65. The summed E-state index contributed by atoms with van der Waals surface area (Å²) in [4.78, 5) is 19.5. The number of nitrogens with two attached hydrogens (primary N) is 1.